The lowest BCUT2D eigenvalue weighted by Crippen LogP contribution is -2.43. The number of anilines is 1. The molecule has 1 amide bonds. The summed E-state index contributed by atoms with van der Waals surface area (Å²) in [4.78, 5) is 19.7. The zero-order valence-corrected chi connectivity index (χ0v) is 19.3. The first-order valence-corrected chi connectivity index (χ1v) is 11.8. The molecule has 3 aromatic rings. The summed E-state index contributed by atoms with van der Waals surface area (Å²) < 4.78 is 8.95. The normalized spacial score (nSPS) is 19.0. The summed E-state index contributed by atoms with van der Waals surface area (Å²) >= 11 is 0. The maximum absolute atomic E-state index is 12.9. The zero-order valence-electron chi connectivity index (χ0n) is 19.3. The summed E-state index contributed by atoms with van der Waals surface area (Å²) in [6.45, 7) is 9.13. The van der Waals surface area contributed by atoms with Gasteiger partial charge in [0, 0.05) is 55.1 Å². The first-order valence-electron chi connectivity index (χ1n) is 11.8. The highest BCUT2D eigenvalue weighted by atomic mass is 16.5. The summed E-state index contributed by atoms with van der Waals surface area (Å²) in [6, 6.07) is 2.30. The third kappa shape index (κ3) is 4.58. The van der Waals surface area contributed by atoms with Crippen molar-refractivity contribution in [3.05, 3.63) is 30.2 Å². The first-order chi connectivity index (χ1) is 16.0. The molecule has 0 saturated carbocycles. The van der Waals surface area contributed by atoms with Crippen molar-refractivity contribution in [2.75, 3.05) is 38.6 Å². The third-order valence-corrected chi connectivity index (χ3v) is 6.77. The number of carbonyl (C=O) groups is 1. The number of piperidine rings is 1. The number of hydrogen-bond acceptors (Lipinski definition) is 7. The first kappa shape index (κ1) is 21.8. The van der Waals surface area contributed by atoms with Gasteiger partial charge < -0.3 is 20.7 Å². The summed E-state index contributed by atoms with van der Waals surface area (Å²) in [5.41, 5.74) is 8.54. The predicted molar refractivity (Wildman–Crippen MR) is 125 cm³/mol. The van der Waals surface area contributed by atoms with Crippen molar-refractivity contribution in [1.82, 2.24) is 34.6 Å². The SMILES string of the molecule is CC[C@H](C)NC(=O)c1cc(-c2cnn(C3CCN(CC4COC4)CC3)c2)cn2nc(N)nc12. The van der Waals surface area contributed by atoms with Gasteiger partial charge in [-0.15, -0.1) is 5.10 Å². The molecule has 2 aliphatic heterocycles. The van der Waals surface area contributed by atoms with Crippen LogP contribution >= 0.6 is 0 Å². The van der Waals surface area contributed by atoms with Crippen molar-refractivity contribution in [3.8, 4) is 11.1 Å². The van der Waals surface area contributed by atoms with Gasteiger partial charge in [0.05, 0.1) is 31.0 Å². The van der Waals surface area contributed by atoms with Crippen LogP contribution in [0.4, 0.5) is 5.95 Å². The third-order valence-electron chi connectivity index (χ3n) is 6.77. The summed E-state index contributed by atoms with van der Waals surface area (Å²) in [5.74, 6) is 0.659. The van der Waals surface area contributed by atoms with Gasteiger partial charge in [-0.3, -0.25) is 9.48 Å². The summed E-state index contributed by atoms with van der Waals surface area (Å²) in [5, 5.41) is 11.9. The Morgan fingerprint density at radius 3 is 2.76 bits per heavy atom. The van der Waals surface area contributed by atoms with Gasteiger partial charge in [-0.2, -0.15) is 10.1 Å². The molecule has 3 aromatic heterocycles. The Morgan fingerprint density at radius 1 is 1.27 bits per heavy atom. The average molecular weight is 453 g/mol. The number of hydrogen-bond donors (Lipinski definition) is 2. The van der Waals surface area contributed by atoms with E-state index in [0.29, 0.717) is 23.2 Å². The van der Waals surface area contributed by atoms with Gasteiger partial charge in [-0.05, 0) is 32.3 Å². The molecule has 1 atom stereocenters. The smallest absolute Gasteiger partial charge is 0.255 e. The summed E-state index contributed by atoms with van der Waals surface area (Å²) in [7, 11) is 0. The topological polar surface area (TPSA) is 116 Å². The minimum absolute atomic E-state index is 0.0620. The molecule has 5 rings (SSSR count). The van der Waals surface area contributed by atoms with E-state index in [1.165, 1.54) is 0 Å². The lowest BCUT2D eigenvalue weighted by Gasteiger charge is -2.36. The number of fused-ring (bicyclic) bond motifs is 1. The number of pyridine rings is 1. The molecule has 10 heteroatoms. The molecule has 2 aliphatic rings. The molecule has 2 fully saturated rings. The number of amides is 1. The molecule has 0 aliphatic carbocycles. The fourth-order valence-electron chi connectivity index (χ4n) is 4.54. The van der Waals surface area contributed by atoms with Crippen LogP contribution in [0.15, 0.2) is 24.7 Å². The van der Waals surface area contributed by atoms with E-state index in [1.54, 1.807) is 4.52 Å². The number of nitrogens with zero attached hydrogens (tertiary/aromatic N) is 6. The van der Waals surface area contributed by atoms with E-state index in [2.05, 4.69) is 36.3 Å². The minimum Gasteiger partial charge on any atom is -0.381 e. The molecule has 176 valence electrons. The van der Waals surface area contributed by atoms with E-state index >= 15 is 0 Å². The Bertz CT molecular complexity index is 1130. The Labute approximate surface area is 193 Å². The predicted octanol–water partition coefficient (Wildman–Crippen LogP) is 1.99. The Morgan fingerprint density at radius 2 is 2.06 bits per heavy atom. The number of nitrogens with one attached hydrogen (secondary N) is 1. The van der Waals surface area contributed by atoms with Crippen molar-refractivity contribution in [2.24, 2.45) is 5.92 Å². The van der Waals surface area contributed by atoms with Gasteiger partial charge in [-0.25, -0.2) is 4.52 Å². The highest BCUT2D eigenvalue weighted by Crippen LogP contribution is 2.28. The van der Waals surface area contributed by atoms with E-state index in [4.69, 9.17) is 10.5 Å². The second kappa shape index (κ2) is 9.11. The van der Waals surface area contributed by atoms with Crippen molar-refractivity contribution >= 4 is 17.5 Å². The fraction of sp³-hybridized carbons (Fsp3) is 0.565. The Kier molecular flexibility index (Phi) is 6.03. The van der Waals surface area contributed by atoms with Crippen LogP contribution < -0.4 is 11.1 Å². The molecular weight excluding hydrogens is 420 g/mol. The van der Waals surface area contributed by atoms with Crippen LogP contribution in [0.25, 0.3) is 16.8 Å². The van der Waals surface area contributed by atoms with Crippen molar-refractivity contribution in [1.29, 1.82) is 0 Å². The lowest BCUT2D eigenvalue weighted by molar-refractivity contribution is -0.0495. The molecule has 0 aromatic carbocycles. The standard InChI is InChI=1S/C23H32N8O2/c1-3-15(2)26-22(32)20-8-17(11-31-21(20)27-23(24)28-31)18-9-25-30(12-18)19-4-6-29(7-5-19)10-16-13-33-14-16/h8-9,11-12,15-16,19H,3-7,10,13-14H2,1-2H3,(H2,24,28)(H,26,32)/t15-/m0/s1. The van der Waals surface area contributed by atoms with Crippen LogP contribution in [0.3, 0.4) is 0 Å². The number of aromatic nitrogens is 5. The van der Waals surface area contributed by atoms with E-state index in [0.717, 1.165) is 63.2 Å². The van der Waals surface area contributed by atoms with E-state index in [-0.39, 0.29) is 17.9 Å². The Hall–Kier alpha value is -2.98. The fourth-order valence-corrected chi connectivity index (χ4v) is 4.54. The van der Waals surface area contributed by atoms with Gasteiger partial charge >= 0.3 is 0 Å². The van der Waals surface area contributed by atoms with Crippen LogP contribution in [0.2, 0.25) is 0 Å². The molecule has 33 heavy (non-hydrogen) atoms. The average Bonchev–Trinajstić information content (AvgIpc) is 3.42. The molecule has 10 nitrogen and oxygen atoms in total. The lowest BCUT2D eigenvalue weighted by atomic mass is 10.0. The van der Waals surface area contributed by atoms with E-state index < -0.39 is 0 Å². The van der Waals surface area contributed by atoms with Crippen LogP contribution in [0.1, 0.15) is 49.5 Å². The number of carbonyl (C=O) groups excluding carboxylic acids is 1. The minimum atomic E-state index is -0.180. The largest absolute Gasteiger partial charge is 0.381 e. The Balaban J connectivity index is 1.35. The monoisotopic (exact) mass is 452 g/mol. The van der Waals surface area contributed by atoms with Gasteiger partial charge in [0.2, 0.25) is 5.95 Å². The molecule has 2 saturated heterocycles. The highest BCUT2D eigenvalue weighted by Gasteiger charge is 2.26. The maximum atomic E-state index is 12.9. The van der Waals surface area contributed by atoms with Gasteiger partial charge in [0.1, 0.15) is 0 Å². The molecular formula is C23H32N8O2. The number of nitrogens with two attached hydrogens (primary N) is 1. The van der Waals surface area contributed by atoms with Crippen LogP contribution in [0.5, 0.6) is 0 Å². The number of nitrogen functional groups attached to an aromatic ring is 1. The molecule has 0 radical (unpaired) electrons. The van der Waals surface area contributed by atoms with Crippen molar-refractivity contribution < 1.29 is 9.53 Å². The second-order valence-electron chi connectivity index (χ2n) is 9.31. The van der Waals surface area contributed by atoms with Gasteiger partial charge in [0.25, 0.3) is 5.91 Å². The van der Waals surface area contributed by atoms with Crippen molar-refractivity contribution in [3.63, 3.8) is 0 Å². The van der Waals surface area contributed by atoms with Gasteiger partial charge in [-0.1, -0.05) is 6.92 Å². The van der Waals surface area contributed by atoms with E-state index in [9.17, 15) is 4.79 Å². The van der Waals surface area contributed by atoms with Crippen LogP contribution in [-0.4, -0.2) is 74.1 Å². The zero-order chi connectivity index (χ0) is 22.9. The van der Waals surface area contributed by atoms with Crippen LogP contribution in [-0.2, 0) is 4.74 Å². The molecule has 0 bridgehead atoms. The number of likely N-dealkylation sites (tertiary alicyclic amines) is 1. The van der Waals surface area contributed by atoms with Crippen LogP contribution in [0, 0.1) is 5.92 Å². The number of ether oxygens (including phenoxy) is 1. The molecule has 0 spiro atoms. The summed E-state index contributed by atoms with van der Waals surface area (Å²) in [6.07, 6.45) is 8.78. The quantitative estimate of drug-likeness (QED) is 0.563. The molecule has 0 unspecified atom stereocenters. The van der Waals surface area contributed by atoms with Crippen molar-refractivity contribution in [2.45, 2.75) is 45.2 Å². The highest BCUT2D eigenvalue weighted by molar-refractivity contribution is 6.01. The molecule has 5 heterocycles. The number of rotatable bonds is 7. The maximum Gasteiger partial charge on any atom is 0.255 e. The second-order valence-corrected chi connectivity index (χ2v) is 9.31. The van der Waals surface area contributed by atoms with Gasteiger partial charge in [0.15, 0.2) is 5.65 Å². The molecule has 3 N–H and O–H groups in total. The van der Waals surface area contributed by atoms with E-state index in [1.807, 2.05) is 32.3 Å².